The minimum Gasteiger partial charge on any atom is -0.497 e. The first-order chi connectivity index (χ1) is 16.8. The Balaban J connectivity index is 1.76. The minimum atomic E-state index is -0.892. The Labute approximate surface area is 216 Å². The first kappa shape index (κ1) is 24.4. The lowest BCUT2D eigenvalue weighted by Crippen LogP contribution is -2.54. The highest BCUT2D eigenvalue weighted by Gasteiger charge is 2.37. The molecule has 1 saturated heterocycles. The molecule has 176 valence electrons. The summed E-state index contributed by atoms with van der Waals surface area (Å²) in [6, 6.07) is 17.0. The third kappa shape index (κ3) is 5.18. The molecule has 1 N–H and O–H groups in total. The molecule has 0 radical (unpaired) electrons. The summed E-state index contributed by atoms with van der Waals surface area (Å²) in [7, 11) is 1.45. The number of ether oxygens (including phenoxy) is 2. The van der Waals surface area contributed by atoms with Crippen LogP contribution in [0.15, 0.2) is 81.2 Å². The van der Waals surface area contributed by atoms with E-state index in [0.29, 0.717) is 20.3 Å². The Morgan fingerprint density at radius 1 is 0.971 bits per heavy atom. The maximum Gasteiger partial charge on any atom is 0.343 e. The van der Waals surface area contributed by atoms with Crippen molar-refractivity contribution in [1.82, 2.24) is 5.32 Å². The summed E-state index contributed by atoms with van der Waals surface area (Å²) >= 11 is 6.73. The van der Waals surface area contributed by atoms with Crippen LogP contribution in [0.3, 0.4) is 0 Å². The lowest BCUT2D eigenvalue weighted by Gasteiger charge is -2.26. The van der Waals surface area contributed by atoms with Gasteiger partial charge in [-0.2, -0.15) is 0 Å². The van der Waals surface area contributed by atoms with Crippen molar-refractivity contribution in [3.8, 4) is 11.5 Å². The fourth-order valence-electron chi connectivity index (χ4n) is 3.32. The van der Waals surface area contributed by atoms with Gasteiger partial charge in [0.05, 0.1) is 22.8 Å². The second kappa shape index (κ2) is 10.2. The van der Waals surface area contributed by atoms with E-state index in [2.05, 4.69) is 37.2 Å². The number of amides is 4. The van der Waals surface area contributed by atoms with Crippen LogP contribution >= 0.6 is 31.9 Å². The number of imide groups is 2. The number of benzene rings is 3. The van der Waals surface area contributed by atoms with Gasteiger partial charge in [-0.15, -0.1) is 0 Å². The summed E-state index contributed by atoms with van der Waals surface area (Å²) in [5.74, 6) is -1.82. The van der Waals surface area contributed by atoms with Crippen LogP contribution in [0.25, 0.3) is 6.08 Å². The molecular formula is C25H16Br2N2O6. The molecule has 0 bridgehead atoms. The molecule has 4 rings (SSSR count). The molecule has 0 saturated carbocycles. The molecule has 0 aromatic heterocycles. The van der Waals surface area contributed by atoms with Crippen LogP contribution < -0.4 is 19.7 Å². The van der Waals surface area contributed by atoms with E-state index in [1.54, 1.807) is 54.6 Å². The number of methoxy groups -OCH3 is 1. The first-order valence-corrected chi connectivity index (χ1v) is 11.7. The van der Waals surface area contributed by atoms with E-state index in [1.807, 2.05) is 0 Å². The number of urea groups is 1. The number of hydrogen-bond donors (Lipinski definition) is 1. The van der Waals surface area contributed by atoms with E-state index in [1.165, 1.54) is 25.3 Å². The average molecular weight is 600 g/mol. The van der Waals surface area contributed by atoms with Gasteiger partial charge in [-0.05, 0) is 58.4 Å². The predicted molar refractivity (Wildman–Crippen MR) is 135 cm³/mol. The van der Waals surface area contributed by atoms with Crippen LogP contribution in [0.4, 0.5) is 10.5 Å². The van der Waals surface area contributed by atoms with Crippen LogP contribution in [0, 0.1) is 0 Å². The minimum absolute atomic E-state index is 0.0972. The Morgan fingerprint density at radius 3 is 2.43 bits per heavy atom. The van der Waals surface area contributed by atoms with Crippen LogP contribution in [-0.2, 0) is 9.59 Å². The molecule has 3 aromatic rings. The highest BCUT2D eigenvalue weighted by atomic mass is 79.9. The third-order valence-electron chi connectivity index (χ3n) is 4.95. The third-order valence-corrected chi connectivity index (χ3v) is 6.00. The molecule has 35 heavy (non-hydrogen) atoms. The highest BCUT2D eigenvalue weighted by molar-refractivity contribution is 9.11. The Hall–Kier alpha value is -3.76. The molecule has 0 unspecified atom stereocenters. The van der Waals surface area contributed by atoms with Crippen molar-refractivity contribution in [3.05, 3.63) is 92.4 Å². The monoisotopic (exact) mass is 598 g/mol. The van der Waals surface area contributed by atoms with E-state index in [-0.39, 0.29) is 22.6 Å². The Morgan fingerprint density at radius 2 is 1.71 bits per heavy atom. The van der Waals surface area contributed by atoms with Crippen LogP contribution in [0.1, 0.15) is 15.9 Å². The molecule has 10 heteroatoms. The molecule has 0 spiro atoms. The van der Waals surface area contributed by atoms with Gasteiger partial charge in [0, 0.05) is 16.1 Å². The van der Waals surface area contributed by atoms with Gasteiger partial charge in [0.1, 0.15) is 11.3 Å². The standard InChI is InChI=1S/C25H16Br2N2O6/c1-34-18-9-5-8-17(13-18)29-23(31)19(22(30)28-25(29)33)11-15-10-16(26)12-20(27)21(15)35-24(32)14-6-3-2-4-7-14/h2-13H,1H3,(H,28,30,33)/b19-11-. The number of esters is 1. The van der Waals surface area contributed by atoms with Crippen molar-refractivity contribution in [2.24, 2.45) is 0 Å². The molecule has 0 aliphatic carbocycles. The van der Waals surface area contributed by atoms with Crippen molar-refractivity contribution in [2.45, 2.75) is 0 Å². The predicted octanol–water partition coefficient (Wildman–Crippen LogP) is 5.11. The zero-order valence-corrected chi connectivity index (χ0v) is 21.3. The van der Waals surface area contributed by atoms with Crippen LogP contribution in [-0.4, -0.2) is 30.9 Å². The normalized spacial score (nSPS) is 14.7. The molecule has 8 nitrogen and oxygen atoms in total. The smallest absolute Gasteiger partial charge is 0.343 e. The lowest BCUT2D eigenvalue weighted by molar-refractivity contribution is -0.122. The van der Waals surface area contributed by atoms with Crippen molar-refractivity contribution in [2.75, 3.05) is 12.0 Å². The van der Waals surface area contributed by atoms with Crippen LogP contribution in [0.5, 0.6) is 11.5 Å². The first-order valence-electron chi connectivity index (χ1n) is 10.1. The van der Waals surface area contributed by atoms with Gasteiger partial charge in [0.25, 0.3) is 11.8 Å². The lowest BCUT2D eigenvalue weighted by atomic mass is 10.1. The van der Waals surface area contributed by atoms with E-state index in [9.17, 15) is 19.2 Å². The summed E-state index contributed by atoms with van der Waals surface area (Å²) < 4.78 is 11.8. The largest absolute Gasteiger partial charge is 0.497 e. The molecule has 0 atom stereocenters. The van der Waals surface area contributed by atoms with Gasteiger partial charge < -0.3 is 9.47 Å². The number of anilines is 1. The number of halogens is 2. The number of rotatable bonds is 5. The second-order valence-electron chi connectivity index (χ2n) is 7.22. The van der Waals surface area contributed by atoms with Gasteiger partial charge in [-0.25, -0.2) is 14.5 Å². The zero-order chi connectivity index (χ0) is 25.1. The van der Waals surface area contributed by atoms with Crippen molar-refractivity contribution in [1.29, 1.82) is 0 Å². The summed E-state index contributed by atoms with van der Waals surface area (Å²) in [5, 5.41) is 2.17. The van der Waals surface area contributed by atoms with E-state index in [4.69, 9.17) is 9.47 Å². The number of nitrogens with zero attached hydrogens (tertiary/aromatic N) is 1. The number of carbonyl (C=O) groups is 4. The van der Waals surface area contributed by atoms with E-state index < -0.39 is 23.8 Å². The second-order valence-corrected chi connectivity index (χ2v) is 8.99. The van der Waals surface area contributed by atoms with Crippen molar-refractivity contribution < 1.29 is 28.7 Å². The van der Waals surface area contributed by atoms with Gasteiger partial charge >= 0.3 is 12.0 Å². The zero-order valence-electron chi connectivity index (χ0n) is 18.1. The fraction of sp³-hybridized carbons (Fsp3) is 0.0400. The average Bonchev–Trinajstić information content (AvgIpc) is 2.84. The van der Waals surface area contributed by atoms with Gasteiger partial charge in [-0.1, -0.05) is 40.2 Å². The van der Waals surface area contributed by atoms with Gasteiger partial charge in [0.2, 0.25) is 0 Å². The van der Waals surface area contributed by atoms with Gasteiger partial charge in [-0.3, -0.25) is 14.9 Å². The quantitative estimate of drug-likeness (QED) is 0.189. The molecule has 1 heterocycles. The summed E-state index contributed by atoms with van der Waals surface area (Å²) in [6.45, 7) is 0. The molecule has 4 amide bonds. The highest BCUT2D eigenvalue weighted by Crippen LogP contribution is 2.36. The van der Waals surface area contributed by atoms with Crippen molar-refractivity contribution in [3.63, 3.8) is 0 Å². The molecule has 3 aromatic carbocycles. The summed E-state index contributed by atoms with van der Waals surface area (Å²) in [6.07, 6.45) is 1.26. The molecular weight excluding hydrogens is 584 g/mol. The number of carbonyl (C=O) groups excluding carboxylic acids is 4. The van der Waals surface area contributed by atoms with E-state index in [0.717, 1.165) is 4.90 Å². The fourth-order valence-corrected chi connectivity index (χ4v) is 4.66. The topological polar surface area (TPSA) is 102 Å². The van der Waals surface area contributed by atoms with Gasteiger partial charge in [0.15, 0.2) is 5.75 Å². The molecule has 1 fully saturated rings. The number of nitrogens with one attached hydrogen (secondary N) is 1. The number of hydrogen-bond acceptors (Lipinski definition) is 6. The maximum absolute atomic E-state index is 13.3. The Kier molecular flexibility index (Phi) is 7.13. The van der Waals surface area contributed by atoms with Crippen LogP contribution in [0.2, 0.25) is 0 Å². The maximum atomic E-state index is 13.3. The number of barbiturate groups is 1. The molecule has 1 aliphatic rings. The van der Waals surface area contributed by atoms with E-state index >= 15 is 0 Å². The summed E-state index contributed by atoms with van der Waals surface area (Å²) in [5.41, 5.74) is 0.474. The Bertz CT molecular complexity index is 1390. The summed E-state index contributed by atoms with van der Waals surface area (Å²) in [4.78, 5) is 51.9. The van der Waals surface area contributed by atoms with Crippen molar-refractivity contribution >= 4 is 67.4 Å². The SMILES string of the molecule is COc1cccc(N2C(=O)NC(=O)/C(=C/c3cc(Br)cc(Br)c3OC(=O)c3ccccc3)C2=O)c1. The molecule has 1 aliphatic heterocycles.